The van der Waals surface area contributed by atoms with Gasteiger partial charge in [-0.15, -0.1) is 0 Å². The van der Waals surface area contributed by atoms with Gasteiger partial charge in [0.25, 0.3) is 5.60 Å². The number of alkyl halides is 13. The van der Waals surface area contributed by atoms with Crippen LogP contribution in [0, 0.1) is 5.92 Å². The molecule has 1 saturated heterocycles. The number of halogens is 13. The summed E-state index contributed by atoms with van der Waals surface area (Å²) in [5.74, 6) is -25.5. The quantitative estimate of drug-likeness (QED) is 0.424. The minimum atomic E-state index is -7.52. The Morgan fingerprint density at radius 1 is 0.875 bits per heavy atom. The van der Waals surface area contributed by atoms with Crippen LogP contribution in [0.3, 0.4) is 0 Å². The lowest BCUT2D eigenvalue weighted by Gasteiger charge is -2.59. The van der Waals surface area contributed by atoms with Crippen LogP contribution in [0.4, 0.5) is 57.1 Å². The molecule has 0 saturated carbocycles. The third-order valence-corrected chi connectivity index (χ3v) is 5.15. The van der Waals surface area contributed by atoms with Gasteiger partial charge in [0.1, 0.15) is 0 Å². The summed E-state index contributed by atoms with van der Waals surface area (Å²) >= 11 is 0. The number of rotatable bonds is 4. The van der Waals surface area contributed by atoms with Crippen molar-refractivity contribution < 1.29 is 76.5 Å². The normalized spacial score (nSPS) is 34.2. The van der Waals surface area contributed by atoms with Gasteiger partial charge in [0, 0.05) is 0 Å². The van der Waals surface area contributed by atoms with Crippen molar-refractivity contribution in [2.45, 2.75) is 81.0 Å². The van der Waals surface area contributed by atoms with E-state index in [1.54, 1.807) is 0 Å². The van der Waals surface area contributed by atoms with Crippen molar-refractivity contribution in [3.63, 3.8) is 0 Å². The predicted octanol–water partition coefficient (Wildman–Crippen LogP) is 5.14. The molecule has 0 bridgehead atoms. The summed E-state index contributed by atoms with van der Waals surface area (Å²) in [5, 5.41) is 9.40. The van der Waals surface area contributed by atoms with Crippen LogP contribution in [0.1, 0.15) is 33.6 Å². The molecule has 1 N–H and O–H groups in total. The lowest BCUT2D eigenvalue weighted by molar-refractivity contribution is -0.578. The maximum atomic E-state index is 14.7. The molecule has 4 unspecified atom stereocenters. The fourth-order valence-corrected chi connectivity index (χ4v) is 2.98. The van der Waals surface area contributed by atoms with Crippen molar-refractivity contribution >= 4 is 5.97 Å². The molecule has 0 spiro atoms. The highest BCUT2D eigenvalue weighted by atomic mass is 19.4. The van der Waals surface area contributed by atoms with E-state index >= 15 is 0 Å². The van der Waals surface area contributed by atoms with Crippen LogP contribution in [0.2, 0.25) is 0 Å². The molecule has 0 aromatic carbocycles. The van der Waals surface area contributed by atoms with E-state index in [0.29, 0.717) is 6.92 Å². The number of ether oxygens (including phenoxy) is 2. The molecule has 4 nitrogen and oxygen atoms in total. The molecule has 1 heterocycles. The van der Waals surface area contributed by atoms with Crippen LogP contribution in [-0.4, -0.2) is 58.4 Å². The Hall–Kier alpha value is -1.52. The Morgan fingerprint density at radius 3 is 1.59 bits per heavy atom. The molecular formula is C15H15F13O4. The zero-order valence-corrected chi connectivity index (χ0v) is 16.1. The standard InChI is InChI=1S/C15H15F13O4/c1-4-6(3)7(29)31-12(15(26,27)28)11(18,19)9(30,14(23,24)25)10(16,17)8(5-2,32-12)13(20,21)22/h6,30H,4-5H2,1-3H3. The number of esters is 1. The SMILES string of the molecule is CCC(C)C(=O)OC1(C(F)(F)F)OC(CC)(C(F)(F)F)C(F)(F)C(O)(C(F)(F)F)C1(F)F. The second-order valence-corrected chi connectivity index (χ2v) is 6.98. The summed E-state index contributed by atoms with van der Waals surface area (Å²) in [5.41, 5.74) is -13.4. The molecule has 1 fully saturated rings. The van der Waals surface area contributed by atoms with E-state index in [1.165, 1.54) is 0 Å². The van der Waals surface area contributed by atoms with E-state index in [1.807, 2.05) is 0 Å². The molecule has 0 aliphatic carbocycles. The highest BCUT2D eigenvalue weighted by Crippen LogP contribution is 2.70. The monoisotopic (exact) mass is 506 g/mol. The molecular weight excluding hydrogens is 491 g/mol. The maximum absolute atomic E-state index is 14.7. The Labute approximate surface area is 170 Å². The number of hydrogen-bond acceptors (Lipinski definition) is 4. The van der Waals surface area contributed by atoms with Crippen molar-refractivity contribution in [3.8, 4) is 0 Å². The Morgan fingerprint density at radius 2 is 1.31 bits per heavy atom. The maximum Gasteiger partial charge on any atom is 0.462 e. The first-order chi connectivity index (χ1) is 13.9. The molecule has 4 atom stereocenters. The summed E-state index contributed by atoms with van der Waals surface area (Å²) in [4.78, 5) is 11.8. The van der Waals surface area contributed by atoms with Crippen molar-refractivity contribution in [2.24, 2.45) is 5.92 Å². The number of carbonyl (C=O) groups excluding carboxylic acids is 1. The van der Waals surface area contributed by atoms with Gasteiger partial charge < -0.3 is 14.6 Å². The average molecular weight is 506 g/mol. The van der Waals surface area contributed by atoms with E-state index in [9.17, 15) is 67.0 Å². The summed E-state index contributed by atoms with van der Waals surface area (Å²) in [6.07, 6.45) is -24.7. The molecule has 1 aliphatic heterocycles. The van der Waals surface area contributed by atoms with Crippen molar-refractivity contribution in [1.82, 2.24) is 0 Å². The second kappa shape index (κ2) is 7.50. The fraction of sp³-hybridized carbons (Fsp3) is 0.933. The molecule has 32 heavy (non-hydrogen) atoms. The van der Waals surface area contributed by atoms with E-state index in [2.05, 4.69) is 9.47 Å². The van der Waals surface area contributed by atoms with Gasteiger partial charge in [-0.05, 0) is 12.8 Å². The minimum absolute atomic E-state index is 0.0563. The first kappa shape index (κ1) is 28.5. The summed E-state index contributed by atoms with van der Waals surface area (Å²) in [6, 6.07) is 0. The molecule has 17 heteroatoms. The highest BCUT2D eigenvalue weighted by Gasteiger charge is 3.01. The van der Waals surface area contributed by atoms with Crippen molar-refractivity contribution in [2.75, 3.05) is 0 Å². The molecule has 190 valence electrons. The molecule has 1 aliphatic rings. The van der Waals surface area contributed by atoms with Gasteiger partial charge in [-0.25, -0.2) is 0 Å². The third-order valence-electron chi connectivity index (χ3n) is 5.15. The molecule has 0 radical (unpaired) electrons. The topological polar surface area (TPSA) is 55.8 Å². The first-order valence-corrected chi connectivity index (χ1v) is 8.49. The lowest BCUT2D eigenvalue weighted by Crippen LogP contribution is -2.90. The Bertz CT molecular complexity index is 728. The van der Waals surface area contributed by atoms with Crippen LogP contribution in [0.15, 0.2) is 0 Å². The van der Waals surface area contributed by atoms with E-state index < -0.39 is 72.1 Å². The van der Waals surface area contributed by atoms with Gasteiger partial charge in [0.2, 0.25) is 5.60 Å². The Kier molecular flexibility index (Phi) is 6.68. The van der Waals surface area contributed by atoms with Crippen LogP contribution < -0.4 is 0 Å². The van der Waals surface area contributed by atoms with Crippen LogP contribution in [0.25, 0.3) is 0 Å². The lowest BCUT2D eigenvalue weighted by atomic mass is 9.69. The molecule has 0 aromatic heterocycles. The first-order valence-electron chi connectivity index (χ1n) is 8.49. The van der Waals surface area contributed by atoms with Crippen molar-refractivity contribution in [3.05, 3.63) is 0 Å². The van der Waals surface area contributed by atoms with E-state index in [4.69, 9.17) is 0 Å². The number of carbonyl (C=O) groups is 1. The molecule has 0 amide bonds. The van der Waals surface area contributed by atoms with Gasteiger partial charge in [-0.2, -0.15) is 57.1 Å². The van der Waals surface area contributed by atoms with Crippen LogP contribution in [0.5, 0.6) is 0 Å². The van der Waals surface area contributed by atoms with Gasteiger partial charge in [0.05, 0.1) is 5.92 Å². The van der Waals surface area contributed by atoms with Gasteiger partial charge in [-0.1, -0.05) is 20.8 Å². The van der Waals surface area contributed by atoms with Gasteiger partial charge in [-0.3, -0.25) is 4.79 Å². The number of aliphatic hydroxyl groups is 1. The van der Waals surface area contributed by atoms with E-state index in [-0.39, 0.29) is 6.92 Å². The summed E-state index contributed by atoms with van der Waals surface area (Å²) < 4.78 is 187. The van der Waals surface area contributed by atoms with Crippen molar-refractivity contribution in [1.29, 1.82) is 0 Å². The van der Waals surface area contributed by atoms with Crippen LogP contribution >= 0.6 is 0 Å². The fourth-order valence-electron chi connectivity index (χ4n) is 2.98. The zero-order valence-electron chi connectivity index (χ0n) is 16.1. The number of hydrogen-bond donors (Lipinski definition) is 1. The molecule has 0 aromatic rings. The third kappa shape index (κ3) is 3.24. The Balaban J connectivity index is 4.26. The predicted molar refractivity (Wildman–Crippen MR) is 75.4 cm³/mol. The van der Waals surface area contributed by atoms with Gasteiger partial charge >= 0.3 is 42.1 Å². The zero-order chi connectivity index (χ0) is 26.0. The molecule has 1 rings (SSSR count). The summed E-state index contributed by atoms with van der Waals surface area (Å²) in [6.45, 7) is 1.67. The smallest absolute Gasteiger partial charge is 0.418 e. The minimum Gasteiger partial charge on any atom is -0.418 e. The summed E-state index contributed by atoms with van der Waals surface area (Å²) in [7, 11) is 0. The van der Waals surface area contributed by atoms with Crippen LogP contribution in [-0.2, 0) is 14.3 Å². The van der Waals surface area contributed by atoms with E-state index in [0.717, 1.165) is 6.92 Å². The average Bonchev–Trinajstić information content (AvgIpc) is 2.58. The second-order valence-electron chi connectivity index (χ2n) is 6.98. The largest absolute Gasteiger partial charge is 0.462 e. The highest BCUT2D eigenvalue weighted by molar-refractivity contribution is 5.72. The van der Waals surface area contributed by atoms with Gasteiger partial charge in [0.15, 0.2) is 0 Å².